The average Bonchev–Trinajstić information content (AvgIpc) is 3.19. The highest BCUT2D eigenvalue weighted by Crippen LogP contribution is 2.32. The molecule has 0 aliphatic heterocycles. The molecule has 0 spiro atoms. The van der Waals surface area contributed by atoms with E-state index >= 15 is 0 Å². The van der Waals surface area contributed by atoms with Gasteiger partial charge in [-0.1, -0.05) is 61.2 Å². The summed E-state index contributed by atoms with van der Waals surface area (Å²) in [6, 6.07) is 17.9. The fraction of sp³-hybridized carbons (Fsp3) is 0.348. The third-order valence-corrected chi connectivity index (χ3v) is 6.06. The molecule has 3 aromatic rings. The van der Waals surface area contributed by atoms with Crippen LogP contribution in [0.3, 0.4) is 0 Å². The van der Waals surface area contributed by atoms with Gasteiger partial charge in [0.1, 0.15) is 5.75 Å². The first-order chi connectivity index (χ1) is 14.5. The van der Waals surface area contributed by atoms with Crippen LogP contribution in [0.25, 0.3) is 11.4 Å². The molecule has 0 aliphatic rings. The van der Waals surface area contributed by atoms with Crippen LogP contribution >= 0.6 is 11.8 Å². The van der Waals surface area contributed by atoms with Gasteiger partial charge in [0.05, 0.1) is 17.9 Å². The van der Waals surface area contributed by atoms with Crippen LogP contribution in [-0.2, 0) is 11.3 Å². The Morgan fingerprint density at radius 1 is 1.10 bits per heavy atom. The van der Waals surface area contributed by atoms with Crippen LogP contribution in [0.2, 0.25) is 0 Å². The molecule has 6 nitrogen and oxygen atoms in total. The number of benzene rings is 2. The second-order valence-electron chi connectivity index (χ2n) is 7.07. The van der Waals surface area contributed by atoms with Gasteiger partial charge in [0.15, 0.2) is 11.0 Å². The van der Waals surface area contributed by atoms with Crippen molar-refractivity contribution in [2.45, 2.75) is 43.6 Å². The lowest BCUT2D eigenvalue weighted by molar-refractivity contribution is -0.120. The highest BCUT2D eigenvalue weighted by atomic mass is 32.2. The predicted molar refractivity (Wildman–Crippen MR) is 121 cm³/mol. The number of para-hydroxylation sites is 1. The Bertz CT molecular complexity index is 974. The number of aromatic nitrogens is 3. The zero-order valence-corrected chi connectivity index (χ0v) is 18.6. The number of ether oxygens (including phenoxy) is 1. The summed E-state index contributed by atoms with van der Waals surface area (Å²) in [5.41, 5.74) is 2.10. The lowest BCUT2D eigenvalue weighted by atomic mass is 10.0. The van der Waals surface area contributed by atoms with Crippen molar-refractivity contribution in [2.75, 3.05) is 13.7 Å². The Morgan fingerprint density at radius 3 is 2.50 bits per heavy atom. The third-order valence-electron chi connectivity index (χ3n) is 4.98. The van der Waals surface area contributed by atoms with Gasteiger partial charge in [-0.15, -0.1) is 10.2 Å². The van der Waals surface area contributed by atoms with E-state index in [2.05, 4.69) is 34.6 Å². The number of thioether (sulfide) groups is 1. The van der Waals surface area contributed by atoms with Crippen LogP contribution in [0.4, 0.5) is 0 Å². The molecule has 0 aliphatic carbocycles. The number of hydrogen-bond acceptors (Lipinski definition) is 5. The molecule has 0 saturated heterocycles. The van der Waals surface area contributed by atoms with Crippen molar-refractivity contribution in [3.05, 3.63) is 60.2 Å². The standard InChI is InChI=1S/C23H28N4O2S/c1-5-27-21(19-13-9-10-14-20(19)29-4)25-26-23(27)30-17(3)22(28)24-15-16(2)18-11-7-6-8-12-18/h6-14,16-17H,5,15H2,1-4H3,(H,24,28). The molecule has 158 valence electrons. The van der Waals surface area contributed by atoms with E-state index < -0.39 is 0 Å². The van der Waals surface area contributed by atoms with E-state index in [1.807, 2.05) is 60.9 Å². The summed E-state index contributed by atoms with van der Waals surface area (Å²) in [6.45, 7) is 7.34. The van der Waals surface area contributed by atoms with E-state index in [4.69, 9.17) is 4.74 Å². The third kappa shape index (κ3) is 5.02. The molecule has 1 aromatic heterocycles. The van der Waals surface area contributed by atoms with Crippen molar-refractivity contribution < 1.29 is 9.53 Å². The lowest BCUT2D eigenvalue weighted by Gasteiger charge is -2.16. The summed E-state index contributed by atoms with van der Waals surface area (Å²) in [6.07, 6.45) is 0. The monoisotopic (exact) mass is 424 g/mol. The van der Waals surface area contributed by atoms with Crippen molar-refractivity contribution >= 4 is 17.7 Å². The molecule has 2 atom stereocenters. The minimum Gasteiger partial charge on any atom is -0.496 e. The van der Waals surface area contributed by atoms with Crippen molar-refractivity contribution in [3.63, 3.8) is 0 Å². The number of hydrogen-bond donors (Lipinski definition) is 1. The highest BCUT2D eigenvalue weighted by Gasteiger charge is 2.21. The molecule has 3 rings (SSSR count). The zero-order chi connectivity index (χ0) is 21.5. The maximum atomic E-state index is 12.7. The van der Waals surface area contributed by atoms with Crippen LogP contribution in [0.1, 0.15) is 32.3 Å². The Balaban J connectivity index is 1.67. The first-order valence-corrected chi connectivity index (χ1v) is 11.0. The normalized spacial score (nSPS) is 12.9. The molecule has 1 N–H and O–H groups in total. The van der Waals surface area contributed by atoms with Crippen LogP contribution in [0.5, 0.6) is 5.75 Å². The average molecular weight is 425 g/mol. The van der Waals surface area contributed by atoms with Crippen LogP contribution in [-0.4, -0.2) is 39.6 Å². The van der Waals surface area contributed by atoms with E-state index in [-0.39, 0.29) is 17.1 Å². The highest BCUT2D eigenvalue weighted by molar-refractivity contribution is 8.00. The first-order valence-electron chi connectivity index (χ1n) is 10.1. The van der Waals surface area contributed by atoms with Gasteiger partial charge in [0.2, 0.25) is 5.91 Å². The second kappa shape index (κ2) is 10.3. The number of nitrogens with zero attached hydrogens (tertiary/aromatic N) is 3. The lowest BCUT2D eigenvalue weighted by Crippen LogP contribution is -2.33. The van der Waals surface area contributed by atoms with Crippen molar-refractivity contribution in [2.24, 2.45) is 0 Å². The molecule has 0 fully saturated rings. The topological polar surface area (TPSA) is 69.0 Å². The molecule has 0 radical (unpaired) electrons. The number of rotatable bonds is 9. The summed E-state index contributed by atoms with van der Waals surface area (Å²) in [5.74, 6) is 1.73. The SMILES string of the molecule is CCn1c(SC(C)C(=O)NCC(C)c2ccccc2)nnc1-c1ccccc1OC. The maximum absolute atomic E-state index is 12.7. The Kier molecular flexibility index (Phi) is 7.52. The van der Waals surface area contributed by atoms with E-state index in [0.29, 0.717) is 13.1 Å². The van der Waals surface area contributed by atoms with Gasteiger partial charge >= 0.3 is 0 Å². The van der Waals surface area contributed by atoms with Gasteiger partial charge in [0, 0.05) is 13.1 Å². The fourth-order valence-corrected chi connectivity index (χ4v) is 4.14. The van der Waals surface area contributed by atoms with Gasteiger partial charge in [-0.2, -0.15) is 0 Å². The fourth-order valence-electron chi connectivity index (χ4n) is 3.20. The number of methoxy groups -OCH3 is 1. The summed E-state index contributed by atoms with van der Waals surface area (Å²) in [7, 11) is 1.64. The van der Waals surface area contributed by atoms with Gasteiger partial charge in [0.25, 0.3) is 0 Å². The van der Waals surface area contributed by atoms with Crippen LogP contribution in [0.15, 0.2) is 59.8 Å². The molecule has 2 unspecified atom stereocenters. The van der Waals surface area contributed by atoms with E-state index in [9.17, 15) is 4.79 Å². The maximum Gasteiger partial charge on any atom is 0.233 e. The predicted octanol–water partition coefficient (Wildman–Crippen LogP) is 4.37. The summed E-state index contributed by atoms with van der Waals surface area (Å²) in [5, 5.41) is 12.2. The van der Waals surface area contributed by atoms with Crippen molar-refractivity contribution in [1.29, 1.82) is 0 Å². The van der Waals surface area contributed by atoms with Gasteiger partial charge < -0.3 is 14.6 Å². The molecule has 1 amide bonds. The minimum absolute atomic E-state index is 0.00715. The number of amides is 1. The summed E-state index contributed by atoms with van der Waals surface area (Å²) in [4.78, 5) is 12.7. The van der Waals surface area contributed by atoms with E-state index in [0.717, 1.165) is 22.3 Å². The van der Waals surface area contributed by atoms with E-state index in [1.54, 1.807) is 7.11 Å². The Labute approximate surface area is 182 Å². The van der Waals surface area contributed by atoms with Crippen LogP contribution in [0, 0.1) is 0 Å². The molecule has 0 bridgehead atoms. The molecular formula is C23H28N4O2S. The Morgan fingerprint density at radius 2 is 1.80 bits per heavy atom. The second-order valence-corrected chi connectivity index (χ2v) is 8.38. The smallest absolute Gasteiger partial charge is 0.233 e. The Hall–Kier alpha value is -2.80. The van der Waals surface area contributed by atoms with Crippen molar-refractivity contribution in [3.8, 4) is 17.1 Å². The summed E-state index contributed by atoms with van der Waals surface area (Å²) < 4.78 is 7.48. The zero-order valence-electron chi connectivity index (χ0n) is 17.8. The molecule has 30 heavy (non-hydrogen) atoms. The minimum atomic E-state index is -0.284. The van der Waals surface area contributed by atoms with Gasteiger partial charge in [-0.3, -0.25) is 4.79 Å². The first kappa shape index (κ1) is 21.9. The van der Waals surface area contributed by atoms with Gasteiger partial charge in [-0.05, 0) is 37.5 Å². The quantitative estimate of drug-likeness (QED) is 0.517. The summed E-state index contributed by atoms with van der Waals surface area (Å²) >= 11 is 1.42. The van der Waals surface area contributed by atoms with Crippen LogP contribution < -0.4 is 10.1 Å². The number of carbonyl (C=O) groups excluding carboxylic acids is 1. The number of nitrogens with one attached hydrogen (secondary N) is 1. The van der Waals surface area contributed by atoms with Crippen molar-refractivity contribution in [1.82, 2.24) is 20.1 Å². The van der Waals surface area contributed by atoms with Gasteiger partial charge in [-0.25, -0.2) is 0 Å². The molecular weight excluding hydrogens is 396 g/mol. The molecule has 2 aromatic carbocycles. The largest absolute Gasteiger partial charge is 0.496 e. The molecule has 1 heterocycles. The molecule has 7 heteroatoms. The number of carbonyl (C=O) groups is 1. The van der Waals surface area contributed by atoms with E-state index in [1.165, 1.54) is 17.3 Å². The molecule has 0 saturated carbocycles.